The predicted molar refractivity (Wildman–Crippen MR) is 113 cm³/mol. The topological polar surface area (TPSA) is 110 Å². The van der Waals surface area contributed by atoms with E-state index >= 15 is 0 Å². The van der Waals surface area contributed by atoms with Crippen molar-refractivity contribution in [3.8, 4) is 5.82 Å². The van der Waals surface area contributed by atoms with Gasteiger partial charge in [-0.1, -0.05) is 6.07 Å². The van der Waals surface area contributed by atoms with Crippen molar-refractivity contribution < 1.29 is 13.2 Å². The van der Waals surface area contributed by atoms with Crippen LogP contribution in [-0.2, 0) is 16.6 Å². The molecule has 2 aliphatic rings. The van der Waals surface area contributed by atoms with Crippen molar-refractivity contribution >= 4 is 38.5 Å². The molecule has 0 radical (unpaired) electrons. The molecule has 0 bridgehead atoms. The third-order valence-corrected chi connectivity index (χ3v) is 7.07. The summed E-state index contributed by atoms with van der Waals surface area (Å²) < 4.78 is 29.0. The van der Waals surface area contributed by atoms with Crippen LogP contribution in [0, 0.1) is 0 Å². The number of hydrogen-bond donors (Lipinski definition) is 1. The Bertz CT molecular complexity index is 1270. The summed E-state index contributed by atoms with van der Waals surface area (Å²) in [5, 5.41) is 7.55. The Balaban J connectivity index is 1.34. The molecule has 0 atom stereocenters. The summed E-state index contributed by atoms with van der Waals surface area (Å²) in [6.07, 6.45) is 5.14. The lowest BCUT2D eigenvalue weighted by Crippen LogP contribution is -2.35. The van der Waals surface area contributed by atoms with Crippen LogP contribution in [0.1, 0.15) is 15.9 Å². The fourth-order valence-corrected chi connectivity index (χ4v) is 5.61. The van der Waals surface area contributed by atoms with Gasteiger partial charge in [-0.15, -0.1) is 4.40 Å². The second kappa shape index (κ2) is 7.26. The molecule has 2 aromatic heterocycles. The van der Waals surface area contributed by atoms with Gasteiger partial charge in [-0.2, -0.15) is 5.10 Å². The van der Waals surface area contributed by atoms with Crippen molar-refractivity contribution in [1.29, 1.82) is 0 Å². The minimum Gasteiger partial charge on any atom is -0.348 e. The van der Waals surface area contributed by atoms with E-state index in [-0.39, 0.29) is 11.7 Å². The quantitative estimate of drug-likeness (QED) is 0.659. The minimum absolute atomic E-state index is 0.0115. The summed E-state index contributed by atoms with van der Waals surface area (Å²) in [4.78, 5) is 19.8. The molecular weight excluding hydrogens is 424 g/mol. The second-order valence-electron chi connectivity index (χ2n) is 6.72. The van der Waals surface area contributed by atoms with Crippen LogP contribution in [0.5, 0.6) is 0 Å². The lowest BCUT2D eigenvalue weighted by molar-refractivity contribution is 0.0950. The molecule has 0 aliphatic carbocycles. The summed E-state index contributed by atoms with van der Waals surface area (Å²) in [6.45, 7) is 0.660. The van der Waals surface area contributed by atoms with Crippen molar-refractivity contribution in [2.24, 2.45) is 4.40 Å². The fraction of sp³-hybridized carbons (Fsp3) is 0.158. The van der Waals surface area contributed by atoms with Crippen LogP contribution in [0.15, 0.2) is 64.3 Å². The zero-order valence-electron chi connectivity index (χ0n) is 15.6. The molecule has 3 aromatic rings. The van der Waals surface area contributed by atoms with Gasteiger partial charge in [0.05, 0.1) is 11.4 Å². The number of rotatable bonds is 4. The number of anilines is 1. The number of fused-ring (bicyclic) bond motifs is 3. The maximum absolute atomic E-state index is 12.7. The Hall–Kier alpha value is -3.18. The molecule has 5 rings (SSSR count). The van der Waals surface area contributed by atoms with Gasteiger partial charge in [-0.05, 0) is 42.1 Å². The molecule has 11 heteroatoms. The highest BCUT2D eigenvalue weighted by Crippen LogP contribution is 2.42. The maximum Gasteiger partial charge on any atom is 0.257 e. The highest BCUT2D eigenvalue weighted by molar-refractivity contribution is 8.15. The normalized spacial score (nSPS) is 16.5. The molecule has 9 nitrogen and oxygen atoms in total. The van der Waals surface area contributed by atoms with E-state index in [2.05, 4.69) is 19.8 Å². The van der Waals surface area contributed by atoms with E-state index in [0.717, 1.165) is 16.1 Å². The van der Waals surface area contributed by atoms with Crippen LogP contribution in [0.25, 0.3) is 5.82 Å². The summed E-state index contributed by atoms with van der Waals surface area (Å²) in [5.74, 6) is 0.416. The monoisotopic (exact) mass is 440 g/mol. The summed E-state index contributed by atoms with van der Waals surface area (Å²) in [6, 6.07) is 10.8. The molecule has 1 aromatic carbocycles. The number of nitrogens with one attached hydrogen (secondary N) is 1. The average Bonchev–Trinajstić information content (AvgIpc) is 3.38. The van der Waals surface area contributed by atoms with Crippen LogP contribution in [0.2, 0.25) is 0 Å². The Morgan fingerprint density at radius 1 is 1.20 bits per heavy atom. The van der Waals surface area contributed by atoms with Crippen molar-refractivity contribution in [2.45, 2.75) is 11.4 Å². The van der Waals surface area contributed by atoms with Gasteiger partial charge in [0.1, 0.15) is 0 Å². The number of carbonyl (C=O) groups excluding carboxylic acids is 1. The Morgan fingerprint density at radius 2 is 2.10 bits per heavy atom. The second-order valence-corrected chi connectivity index (χ2v) is 9.48. The number of amides is 1. The third-order valence-electron chi connectivity index (χ3n) is 4.76. The molecule has 0 unspecified atom stereocenters. The van der Waals surface area contributed by atoms with Gasteiger partial charge in [0.2, 0.25) is 0 Å². The summed E-state index contributed by atoms with van der Waals surface area (Å²) in [7, 11) is -3.41. The molecule has 30 heavy (non-hydrogen) atoms. The molecule has 1 amide bonds. The Kier molecular flexibility index (Phi) is 4.55. The number of aromatic nitrogens is 3. The van der Waals surface area contributed by atoms with Crippen LogP contribution < -0.4 is 10.2 Å². The Labute approximate surface area is 176 Å². The van der Waals surface area contributed by atoms with E-state index in [1.54, 1.807) is 35.4 Å². The van der Waals surface area contributed by atoms with Gasteiger partial charge in [0.25, 0.3) is 15.9 Å². The standard InChI is InChI=1S/C19H16N6O3S2/c26-18(21-12-14-3-1-6-20-17(14)25-8-2-7-22-25)13-4-5-15-16(11-13)29-19-23-30(27,28)10-9-24(15)19/h1-8,11H,9-10,12H2,(H,21,26). The van der Waals surface area contributed by atoms with Crippen molar-refractivity contribution in [3.05, 3.63) is 66.1 Å². The lowest BCUT2D eigenvalue weighted by atomic mass is 10.1. The van der Waals surface area contributed by atoms with Crippen molar-refractivity contribution in [3.63, 3.8) is 0 Å². The van der Waals surface area contributed by atoms with Crippen molar-refractivity contribution in [2.75, 3.05) is 17.2 Å². The minimum atomic E-state index is -3.41. The molecule has 0 spiro atoms. The average molecular weight is 441 g/mol. The highest BCUT2D eigenvalue weighted by Gasteiger charge is 2.33. The van der Waals surface area contributed by atoms with E-state index < -0.39 is 10.0 Å². The van der Waals surface area contributed by atoms with Crippen molar-refractivity contribution in [1.82, 2.24) is 20.1 Å². The summed E-state index contributed by atoms with van der Waals surface area (Å²) >= 11 is 1.26. The van der Waals surface area contributed by atoms with Gasteiger partial charge in [0.15, 0.2) is 11.0 Å². The molecule has 4 heterocycles. The first kappa shape index (κ1) is 18.8. The SMILES string of the molecule is O=C(NCc1cccnc1-n1cccn1)c1ccc2c(c1)SC1=NS(=O)(=O)CCN12. The number of thioether (sulfide) groups is 1. The number of benzene rings is 1. The first-order chi connectivity index (χ1) is 14.5. The van der Waals surface area contributed by atoms with Crippen LogP contribution in [0.3, 0.4) is 0 Å². The van der Waals surface area contributed by atoms with Gasteiger partial charge in [-0.3, -0.25) is 4.79 Å². The molecule has 1 N–H and O–H groups in total. The van der Waals surface area contributed by atoms with Gasteiger partial charge in [-0.25, -0.2) is 18.1 Å². The van der Waals surface area contributed by atoms with E-state index in [1.165, 1.54) is 11.8 Å². The fourth-order valence-electron chi connectivity index (χ4n) is 3.32. The maximum atomic E-state index is 12.7. The zero-order valence-corrected chi connectivity index (χ0v) is 17.2. The highest BCUT2D eigenvalue weighted by atomic mass is 32.2. The van der Waals surface area contributed by atoms with Gasteiger partial charge < -0.3 is 10.2 Å². The van der Waals surface area contributed by atoms with Gasteiger partial charge in [0, 0.05) is 47.7 Å². The molecule has 0 fully saturated rings. The number of amidine groups is 1. The summed E-state index contributed by atoms with van der Waals surface area (Å²) in [5.41, 5.74) is 2.20. The number of hydrogen-bond acceptors (Lipinski definition) is 7. The third kappa shape index (κ3) is 3.46. The Morgan fingerprint density at radius 3 is 2.93 bits per heavy atom. The molecule has 0 saturated heterocycles. The zero-order chi connectivity index (χ0) is 20.7. The van der Waals surface area contributed by atoms with Gasteiger partial charge >= 0.3 is 0 Å². The number of nitrogens with zero attached hydrogens (tertiary/aromatic N) is 5. The largest absolute Gasteiger partial charge is 0.348 e. The van der Waals surface area contributed by atoms with E-state index in [0.29, 0.717) is 29.6 Å². The predicted octanol–water partition coefficient (Wildman–Crippen LogP) is 1.81. The number of sulfonamides is 1. The lowest BCUT2D eigenvalue weighted by Gasteiger charge is -2.22. The molecule has 2 aliphatic heterocycles. The number of carbonyl (C=O) groups is 1. The molecular formula is C19H16N6O3S2. The number of pyridine rings is 1. The first-order valence-corrected chi connectivity index (χ1v) is 11.6. The van der Waals surface area contributed by atoms with Crippen LogP contribution in [0.4, 0.5) is 5.69 Å². The van der Waals surface area contributed by atoms with E-state index in [9.17, 15) is 13.2 Å². The molecule has 152 valence electrons. The van der Waals surface area contributed by atoms with E-state index in [4.69, 9.17) is 0 Å². The van der Waals surface area contributed by atoms with Crippen LogP contribution in [-0.4, -0.2) is 46.6 Å². The smallest absolute Gasteiger partial charge is 0.257 e. The molecule has 0 saturated carbocycles. The van der Waals surface area contributed by atoms with Crippen LogP contribution >= 0.6 is 11.8 Å². The first-order valence-electron chi connectivity index (χ1n) is 9.14. The van der Waals surface area contributed by atoms with E-state index in [1.807, 2.05) is 29.2 Å².